The molecule has 0 aliphatic heterocycles. The van der Waals surface area contributed by atoms with Gasteiger partial charge in [-0.2, -0.15) is 0 Å². The number of allylic oxidation sites excluding steroid dienone is 1. The Kier molecular flexibility index (Phi) is 1.96. The molecule has 4 nitrogen and oxygen atoms in total. The molecular weight excluding hydrogens is 148 g/mol. The molecule has 1 unspecified atom stereocenters. The Labute approximate surface area is 63.1 Å². The quantitative estimate of drug-likeness (QED) is 0.438. The van der Waals surface area contributed by atoms with Crippen LogP contribution in [-0.4, -0.2) is 27.2 Å². The summed E-state index contributed by atoms with van der Waals surface area (Å²) in [6, 6.07) is 0. The van der Waals surface area contributed by atoms with Gasteiger partial charge in [-0.15, -0.1) is 0 Å². The number of aliphatic hydroxyl groups is 3. The van der Waals surface area contributed by atoms with Crippen LogP contribution in [0.25, 0.3) is 0 Å². The van der Waals surface area contributed by atoms with E-state index in [1.165, 1.54) is 0 Å². The van der Waals surface area contributed by atoms with E-state index in [0.717, 1.165) is 12.3 Å². The maximum Gasteiger partial charge on any atom is 0.225 e. The van der Waals surface area contributed by atoms with E-state index in [-0.39, 0.29) is 6.42 Å². The smallest absolute Gasteiger partial charge is 0.225 e. The zero-order valence-electron chi connectivity index (χ0n) is 5.69. The number of ketones is 1. The summed E-state index contributed by atoms with van der Waals surface area (Å²) in [7, 11) is 0. The molecule has 3 N–H and O–H groups in total. The first-order valence-electron chi connectivity index (χ1n) is 3.11. The number of Topliss-reactive ketones (excluding diaryl/α,β-unsaturated/α-hetero) is 1. The lowest BCUT2D eigenvalue weighted by atomic mass is 9.98. The maximum absolute atomic E-state index is 10.7. The average molecular weight is 156 g/mol. The van der Waals surface area contributed by atoms with Gasteiger partial charge in [-0.25, -0.2) is 0 Å². The third kappa shape index (κ3) is 1.40. The predicted octanol–water partition coefficient (Wildman–Crippen LogP) is 0.204. The molecule has 4 heteroatoms. The molecule has 0 radical (unpaired) electrons. The predicted molar refractivity (Wildman–Crippen MR) is 37.1 cm³/mol. The van der Waals surface area contributed by atoms with E-state index in [4.69, 9.17) is 15.3 Å². The van der Waals surface area contributed by atoms with Crippen LogP contribution in [0, 0.1) is 0 Å². The van der Waals surface area contributed by atoms with Crippen molar-refractivity contribution in [2.75, 3.05) is 0 Å². The summed E-state index contributed by atoms with van der Waals surface area (Å²) in [5, 5.41) is 26.3. The van der Waals surface area contributed by atoms with Gasteiger partial charge in [0.25, 0.3) is 0 Å². The first-order valence-corrected chi connectivity index (χ1v) is 3.11. The van der Waals surface area contributed by atoms with Gasteiger partial charge in [0.2, 0.25) is 5.78 Å². The summed E-state index contributed by atoms with van der Waals surface area (Å²) in [5.74, 6) is -1.21. The third-order valence-corrected chi connectivity index (χ3v) is 1.47. The highest BCUT2D eigenvalue weighted by Gasteiger charge is 2.24. The van der Waals surface area contributed by atoms with Gasteiger partial charge in [-0.05, 0) is 11.6 Å². The lowest BCUT2D eigenvalue weighted by Crippen LogP contribution is -2.26. The molecule has 0 aromatic rings. The Morgan fingerprint density at radius 2 is 2.27 bits per heavy atom. The molecule has 11 heavy (non-hydrogen) atoms. The molecule has 0 bridgehead atoms. The van der Waals surface area contributed by atoms with E-state index in [0.29, 0.717) is 5.57 Å². The fraction of sp³-hybridized carbons (Fsp3) is 0.286. The van der Waals surface area contributed by atoms with Crippen LogP contribution < -0.4 is 0 Å². The molecule has 1 aliphatic carbocycles. The molecule has 0 aromatic carbocycles. The molecule has 0 heterocycles. The molecule has 0 fully saturated rings. The van der Waals surface area contributed by atoms with Crippen molar-refractivity contribution >= 4 is 5.78 Å². The molecule has 0 aromatic heterocycles. The minimum atomic E-state index is -1.22. The Bertz CT molecular complexity index is 239. The number of carbonyl (C=O) groups is 1. The highest BCUT2D eigenvalue weighted by Crippen LogP contribution is 2.17. The first-order chi connectivity index (χ1) is 5.15. The first kappa shape index (κ1) is 7.81. The second kappa shape index (κ2) is 2.75. The van der Waals surface area contributed by atoms with Gasteiger partial charge in [0, 0.05) is 6.42 Å². The van der Waals surface area contributed by atoms with Crippen LogP contribution in [0.15, 0.2) is 23.7 Å². The molecule has 1 aliphatic rings. The fourth-order valence-electron chi connectivity index (χ4n) is 0.882. The lowest BCUT2D eigenvalue weighted by Gasteiger charge is -2.14. The second-order valence-corrected chi connectivity index (χ2v) is 2.32. The lowest BCUT2D eigenvalue weighted by molar-refractivity contribution is -0.126. The van der Waals surface area contributed by atoms with Crippen molar-refractivity contribution in [1.29, 1.82) is 0 Å². The number of rotatable bonds is 0. The van der Waals surface area contributed by atoms with Gasteiger partial charge in [0.15, 0.2) is 5.76 Å². The Balaban J connectivity index is 2.94. The summed E-state index contributed by atoms with van der Waals surface area (Å²) in [6.07, 6.45) is 0.721. The monoisotopic (exact) mass is 156 g/mol. The standard InChI is InChI=1S/C7H8O4/c8-3-4-1-5(9)7(11)6(10)2-4/h1,3,6,8-10H,2H2. The summed E-state index contributed by atoms with van der Waals surface area (Å²) < 4.78 is 0. The van der Waals surface area contributed by atoms with Crippen molar-refractivity contribution in [3.8, 4) is 0 Å². The molecule has 60 valence electrons. The van der Waals surface area contributed by atoms with Crippen LogP contribution in [-0.2, 0) is 4.79 Å². The van der Waals surface area contributed by atoms with E-state index >= 15 is 0 Å². The summed E-state index contributed by atoms with van der Waals surface area (Å²) in [6.45, 7) is 0. The number of aliphatic hydroxyl groups excluding tert-OH is 3. The average Bonchev–Trinajstić information content (AvgIpc) is 1.99. The second-order valence-electron chi connectivity index (χ2n) is 2.32. The summed E-state index contributed by atoms with van der Waals surface area (Å²) >= 11 is 0. The van der Waals surface area contributed by atoms with Crippen molar-refractivity contribution in [2.24, 2.45) is 0 Å². The molecular formula is C7H8O4. The van der Waals surface area contributed by atoms with Crippen molar-refractivity contribution in [3.05, 3.63) is 23.7 Å². The number of hydrogen-bond acceptors (Lipinski definition) is 4. The molecule has 1 rings (SSSR count). The molecule has 1 atom stereocenters. The van der Waals surface area contributed by atoms with E-state index in [9.17, 15) is 4.79 Å². The Morgan fingerprint density at radius 1 is 1.64 bits per heavy atom. The fourth-order valence-corrected chi connectivity index (χ4v) is 0.882. The van der Waals surface area contributed by atoms with E-state index in [2.05, 4.69) is 0 Å². The largest absolute Gasteiger partial charge is 0.515 e. The van der Waals surface area contributed by atoms with Crippen LogP contribution in [0.4, 0.5) is 0 Å². The summed E-state index contributed by atoms with van der Waals surface area (Å²) in [5.41, 5.74) is 0.342. The van der Waals surface area contributed by atoms with Crippen LogP contribution in [0.5, 0.6) is 0 Å². The van der Waals surface area contributed by atoms with E-state index in [1.807, 2.05) is 0 Å². The summed E-state index contributed by atoms with van der Waals surface area (Å²) in [4.78, 5) is 10.7. The van der Waals surface area contributed by atoms with Crippen LogP contribution in [0.1, 0.15) is 6.42 Å². The number of carbonyl (C=O) groups excluding carboxylic acids is 1. The molecule has 0 saturated heterocycles. The SMILES string of the molecule is O=C1C(O)=CC(=CO)CC1O. The van der Waals surface area contributed by atoms with Crippen molar-refractivity contribution < 1.29 is 20.1 Å². The zero-order chi connectivity index (χ0) is 8.43. The van der Waals surface area contributed by atoms with Gasteiger partial charge in [-0.1, -0.05) is 0 Å². The minimum Gasteiger partial charge on any atom is -0.515 e. The van der Waals surface area contributed by atoms with E-state index < -0.39 is 17.6 Å². The van der Waals surface area contributed by atoms with Crippen molar-refractivity contribution in [1.82, 2.24) is 0 Å². The maximum atomic E-state index is 10.7. The molecule has 0 saturated carbocycles. The van der Waals surface area contributed by atoms with Crippen LogP contribution >= 0.6 is 0 Å². The minimum absolute atomic E-state index is 0.0550. The topological polar surface area (TPSA) is 77.8 Å². The number of hydrogen-bond donors (Lipinski definition) is 3. The normalized spacial score (nSPS) is 28.8. The van der Waals surface area contributed by atoms with Crippen molar-refractivity contribution in [3.63, 3.8) is 0 Å². The van der Waals surface area contributed by atoms with Gasteiger partial charge in [0.1, 0.15) is 6.10 Å². The zero-order valence-corrected chi connectivity index (χ0v) is 5.69. The Hall–Kier alpha value is -1.29. The Morgan fingerprint density at radius 3 is 2.73 bits per heavy atom. The van der Waals surface area contributed by atoms with Gasteiger partial charge in [-0.3, -0.25) is 4.79 Å². The van der Waals surface area contributed by atoms with Gasteiger partial charge >= 0.3 is 0 Å². The molecule has 0 amide bonds. The molecule has 0 spiro atoms. The van der Waals surface area contributed by atoms with Crippen LogP contribution in [0.2, 0.25) is 0 Å². The highest BCUT2D eigenvalue weighted by molar-refractivity contribution is 5.98. The highest BCUT2D eigenvalue weighted by atomic mass is 16.3. The van der Waals surface area contributed by atoms with Gasteiger partial charge in [0.05, 0.1) is 6.26 Å². The van der Waals surface area contributed by atoms with Crippen molar-refractivity contribution in [2.45, 2.75) is 12.5 Å². The van der Waals surface area contributed by atoms with Gasteiger partial charge < -0.3 is 15.3 Å². The third-order valence-electron chi connectivity index (χ3n) is 1.47. The van der Waals surface area contributed by atoms with E-state index in [1.54, 1.807) is 0 Å². The van der Waals surface area contributed by atoms with Crippen LogP contribution in [0.3, 0.4) is 0 Å².